The molecule has 0 aliphatic carbocycles. The summed E-state index contributed by atoms with van der Waals surface area (Å²) in [5.74, 6) is 0.649. The van der Waals surface area contributed by atoms with Gasteiger partial charge in [0.1, 0.15) is 18.3 Å². The van der Waals surface area contributed by atoms with E-state index in [1.165, 1.54) is 23.0 Å². The fraction of sp³-hybridized carbons (Fsp3) is 0.303. The van der Waals surface area contributed by atoms with Crippen LogP contribution in [0.2, 0.25) is 0 Å². The van der Waals surface area contributed by atoms with Gasteiger partial charge in [-0.15, -0.1) is 0 Å². The zero-order chi connectivity index (χ0) is 34.3. The van der Waals surface area contributed by atoms with Crippen LogP contribution in [0.4, 0.5) is 18.0 Å². The minimum Gasteiger partial charge on any atom is -0.437 e. The van der Waals surface area contributed by atoms with Crippen LogP contribution in [0.15, 0.2) is 76.2 Å². The van der Waals surface area contributed by atoms with Gasteiger partial charge in [0, 0.05) is 0 Å². The first kappa shape index (κ1) is 33.0. The number of hydrogen-bond donors (Lipinski definition) is 1. The maximum atomic E-state index is 14.2. The first-order chi connectivity index (χ1) is 22.1. The molecular weight excluding hydrogens is 613 g/mol. The minimum absolute atomic E-state index is 0.0716. The molecule has 5 aromatic rings. The van der Waals surface area contributed by atoms with Crippen molar-refractivity contribution in [3.63, 3.8) is 0 Å². The Kier molecular flexibility index (Phi) is 8.70. The summed E-state index contributed by atoms with van der Waals surface area (Å²) in [7, 11) is 5.99. The lowest BCUT2D eigenvalue weighted by Crippen LogP contribution is -2.40. The van der Waals surface area contributed by atoms with Crippen LogP contribution in [0.1, 0.15) is 48.4 Å². The first-order valence-corrected chi connectivity index (χ1v) is 14.7. The molecule has 244 valence electrons. The molecule has 0 unspecified atom stereocenters. The molecule has 0 aliphatic rings. The maximum Gasteiger partial charge on any atom is 0.416 e. The van der Waals surface area contributed by atoms with E-state index >= 15 is 0 Å². The Hall–Kier alpha value is -5.42. The van der Waals surface area contributed by atoms with Crippen LogP contribution in [-0.2, 0) is 12.7 Å². The highest BCUT2D eigenvalue weighted by Gasteiger charge is 2.33. The van der Waals surface area contributed by atoms with Crippen LogP contribution < -0.4 is 11.0 Å². The van der Waals surface area contributed by atoms with Gasteiger partial charge in [-0.1, -0.05) is 19.9 Å². The van der Waals surface area contributed by atoms with Gasteiger partial charge in [0.05, 0.1) is 73.5 Å². The molecule has 0 spiro atoms. The zero-order valence-electron chi connectivity index (χ0n) is 26.7. The Bertz CT molecular complexity index is 2020. The molecule has 1 atom stereocenters. The number of quaternary nitrogens is 1. The van der Waals surface area contributed by atoms with Crippen molar-refractivity contribution < 1.29 is 26.9 Å². The smallest absolute Gasteiger partial charge is 0.416 e. The lowest BCUT2D eigenvalue weighted by molar-refractivity contribution is -0.884. The molecule has 14 heteroatoms. The van der Waals surface area contributed by atoms with Crippen LogP contribution >= 0.6 is 0 Å². The van der Waals surface area contributed by atoms with E-state index in [-0.39, 0.29) is 28.9 Å². The molecule has 5 rings (SSSR count). The molecular formula is C33H34F3N8O3+. The Morgan fingerprint density at radius 1 is 1.09 bits per heavy atom. The summed E-state index contributed by atoms with van der Waals surface area (Å²) >= 11 is 0. The summed E-state index contributed by atoms with van der Waals surface area (Å²) in [6.45, 7) is 5.81. The van der Waals surface area contributed by atoms with Gasteiger partial charge < -0.3 is 14.2 Å². The number of hydrogen-bond acceptors (Lipinski definition) is 6. The van der Waals surface area contributed by atoms with Gasteiger partial charge in [-0.2, -0.15) is 23.5 Å². The van der Waals surface area contributed by atoms with Gasteiger partial charge >= 0.3 is 17.9 Å². The Balaban J connectivity index is 1.67. The lowest BCUT2D eigenvalue weighted by Gasteiger charge is -2.22. The predicted molar refractivity (Wildman–Crippen MR) is 167 cm³/mol. The van der Waals surface area contributed by atoms with Crippen molar-refractivity contribution in [2.75, 3.05) is 21.1 Å². The third kappa shape index (κ3) is 6.75. The molecule has 0 saturated carbocycles. The quantitative estimate of drug-likeness (QED) is 0.211. The fourth-order valence-electron chi connectivity index (χ4n) is 5.30. The number of oxazole rings is 1. The molecule has 11 nitrogen and oxygen atoms in total. The highest BCUT2D eigenvalue weighted by atomic mass is 19.4. The summed E-state index contributed by atoms with van der Waals surface area (Å²) in [5.41, 5.74) is -0.348. The number of benzene rings is 2. The molecule has 0 bridgehead atoms. The van der Waals surface area contributed by atoms with E-state index in [9.17, 15) is 28.0 Å². The van der Waals surface area contributed by atoms with Crippen molar-refractivity contribution in [2.45, 2.75) is 39.5 Å². The maximum absolute atomic E-state index is 14.2. The van der Waals surface area contributed by atoms with E-state index in [1.54, 1.807) is 43.5 Å². The second-order valence-corrected chi connectivity index (χ2v) is 12.5. The second-order valence-electron chi connectivity index (χ2n) is 12.5. The van der Waals surface area contributed by atoms with Crippen LogP contribution in [0.25, 0.3) is 22.8 Å². The van der Waals surface area contributed by atoms with Gasteiger partial charge in [-0.05, 0) is 61.4 Å². The Labute approximate surface area is 268 Å². The van der Waals surface area contributed by atoms with Crippen LogP contribution in [0.3, 0.4) is 0 Å². The van der Waals surface area contributed by atoms with Crippen LogP contribution in [0, 0.1) is 24.2 Å². The number of aromatic nitrogens is 5. The number of nitriles is 1. The number of carbonyl (C=O) groups is 1. The lowest BCUT2D eigenvalue weighted by atomic mass is 10.0. The fourth-order valence-corrected chi connectivity index (χ4v) is 5.30. The summed E-state index contributed by atoms with van der Waals surface area (Å²) < 4.78 is 51.1. The third-order valence-corrected chi connectivity index (χ3v) is 7.46. The number of carbonyl (C=O) groups excluding carboxylic acids is 1. The third-order valence-electron chi connectivity index (χ3n) is 7.46. The van der Waals surface area contributed by atoms with Crippen LogP contribution in [-0.4, -0.2) is 55.6 Å². The van der Waals surface area contributed by atoms with E-state index in [2.05, 4.69) is 21.5 Å². The van der Waals surface area contributed by atoms with E-state index in [1.807, 2.05) is 35.0 Å². The number of imidazole rings is 1. The largest absolute Gasteiger partial charge is 0.437 e. The number of amides is 1. The monoisotopic (exact) mass is 647 g/mol. The van der Waals surface area contributed by atoms with Crippen molar-refractivity contribution in [3.05, 3.63) is 106 Å². The number of nitrogens with zero attached hydrogens (tertiary/aromatic N) is 7. The molecule has 1 amide bonds. The molecule has 47 heavy (non-hydrogen) atoms. The number of halogens is 3. The van der Waals surface area contributed by atoms with Gasteiger partial charge in [0.25, 0.3) is 0 Å². The molecule has 3 aromatic heterocycles. The average molecular weight is 648 g/mol. The van der Waals surface area contributed by atoms with Crippen molar-refractivity contribution in [2.24, 2.45) is 5.92 Å². The highest BCUT2D eigenvalue weighted by molar-refractivity contribution is 5.83. The standard InChI is InChI=1S/C33H33F3N8O3/c1-20(2)28(30-38-18-26(47-30)19-44(4,5)6)40-31(45)42-29(27-14-15-39-43(27)24-12-10-22(17-37)11-13-24)21(3)41(32(42)46)25-9-7-8-23(16-25)33(34,35)36/h7-16,18,20,28H,19H2,1-6H3/p+1/t28-/m0/s1. The molecule has 0 radical (unpaired) electrons. The van der Waals surface area contributed by atoms with Crippen molar-refractivity contribution in [1.29, 1.82) is 5.26 Å². The predicted octanol–water partition coefficient (Wildman–Crippen LogP) is 5.84. The summed E-state index contributed by atoms with van der Waals surface area (Å²) in [6, 6.07) is 12.9. The van der Waals surface area contributed by atoms with E-state index < -0.39 is 29.5 Å². The SMILES string of the molecule is Cc1c(-c2ccnn2-c2ccc(C#N)cc2)n(C(=O)N[C@H](c2ncc(C[N+](C)(C)C)o2)C(C)C)c(=O)n1-c1cccc(C(F)(F)F)c1. The van der Waals surface area contributed by atoms with Gasteiger partial charge in [-0.3, -0.25) is 4.57 Å². The summed E-state index contributed by atoms with van der Waals surface area (Å²) in [4.78, 5) is 32.8. The number of alkyl halides is 3. The Morgan fingerprint density at radius 2 is 1.79 bits per heavy atom. The topological polar surface area (TPSA) is 124 Å². The van der Waals surface area contributed by atoms with E-state index in [0.717, 1.165) is 21.3 Å². The number of nitrogens with one attached hydrogen (secondary N) is 1. The molecule has 0 fully saturated rings. The summed E-state index contributed by atoms with van der Waals surface area (Å²) in [6.07, 6.45) is -1.58. The molecule has 1 N–H and O–H groups in total. The average Bonchev–Trinajstić information content (AvgIpc) is 3.72. The van der Waals surface area contributed by atoms with Gasteiger partial charge in [-0.25, -0.2) is 23.8 Å². The summed E-state index contributed by atoms with van der Waals surface area (Å²) in [5, 5.41) is 16.5. The van der Waals surface area contributed by atoms with E-state index in [0.29, 0.717) is 33.7 Å². The molecule has 0 saturated heterocycles. The van der Waals surface area contributed by atoms with Gasteiger partial charge in [0.15, 0.2) is 5.76 Å². The second kappa shape index (κ2) is 12.4. The minimum atomic E-state index is -4.66. The normalized spacial score (nSPS) is 12.7. The van der Waals surface area contributed by atoms with Crippen LogP contribution in [0.5, 0.6) is 0 Å². The first-order valence-electron chi connectivity index (χ1n) is 14.7. The molecule has 3 heterocycles. The van der Waals surface area contributed by atoms with E-state index in [4.69, 9.17) is 4.42 Å². The highest BCUT2D eigenvalue weighted by Crippen LogP contribution is 2.32. The van der Waals surface area contributed by atoms with Gasteiger partial charge in [0.2, 0.25) is 5.89 Å². The molecule has 2 aromatic carbocycles. The molecule has 0 aliphatic heterocycles. The zero-order valence-corrected chi connectivity index (χ0v) is 26.7. The van der Waals surface area contributed by atoms with Crippen molar-refractivity contribution in [1.82, 2.24) is 29.2 Å². The Morgan fingerprint density at radius 3 is 2.40 bits per heavy atom. The number of rotatable bonds is 8. The van der Waals surface area contributed by atoms with Crippen molar-refractivity contribution in [3.8, 4) is 28.8 Å². The van der Waals surface area contributed by atoms with Crippen molar-refractivity contribution >= 4 is 6.03 Å².